The van der Waals surface area contributed by atoms with Gasteiger partial charge in [0.2, 0.25) is 11.8 Å². The SMILES string of the molecule is N#Cc1cnn(-c2ccc(C(F)(F)F)cc2Cl)c1N1C(=O)CCCC1=O. The summed E-state index contributed by atoms with van der Waals surface area (Å²) in [6.07, 6.45) is -2.83. The van der Waals surface area contributed by atoms with E-state index in [0.29, 0.717) is 12.5 Å². The maximum atomic E-state index is 12.8. The summed E-state index contributed by atoms with van der Waals surface area (Å²) in [5.74, 6) is -1.14. The van der Waals surface area contributed by atoms with E-state index < -0.39 is 23.6 Å². The fourth-order valence-corrected chi connectivity index (χ4v) is 2.92. The number of amides is 2. The average Bonchev–Trinajstić information content (AvgIpc) is 2.97. The Hall–Kier alpha value is -2.86. The molecule has 1 aromatic carbocycles. The molecule has 1 saturated heterocycles. The molecule has 0 radical (unpaired) electrons. The molecule has 0 unspecified atom stereocenters. The first-order valence-corrected chi connectivity index (χ1v) is 7.83. The molecule has 2 aromatic rings. The second-order valence-corrected chi connectivity index (χ2v) is 5.95. The molecule has 1 fully saturated rings. The van der Waals surface area contributed by atoms with Gasteiger partial charge in [0.25, 0.3) is 0 Å². The van der Waals surface area contributed by atoms with Crippen LogP contribution in [-0.2, 0) is 15.8 Å². The lowest BCUT2D eigenvalue weighted by atomic mass is 10.1. The van der Waals surface area contributed by atoms with Gasteiger partial charge in [-0.2, -0.15) is 23.5 Å². The molecule has 1 aromatic heterocycles. The Kier molecular flexibility index (Phi) is 4.46. The number of nitrogens with zero attached hydrogens (tertiary/aromatic N) is 4. The number of carbonyl (C=O) groups is 2. The van der Waals surface area contributed by atoms with Crippen molar-refractivity contribution in [1.82, 2.24) is 9.78 Å². The molecule has 0 bridgehead atoms. The van der Waals surface area contributed by atoms with Crippen LogP contribution in [0.4, 0.5) is 19.0 Å². The summed E-state index contributed by atoms with van der Waals surface area (Å²) in [6.45, 7) is 0. The first-order chi connectivity index (χ1) is 12.2. The van der Waals surface area contributed by atoms with Gasteiger partial charge in [0.15, 0.2) is 5.82 Å². The molecule has 134 valence electrons. The lowest BCUT2D eigenvalue weighted by molar-refractivity contribution is -0.137. The molecule has 0 saturated carbocycles. The Morgan fingerprint density at radius 1 is 1.19 bits per heavy atom. The molecule has 3 rings (SSSR count). The molecule has 26 heavy (non-hydrogen) atoms. The van der Waals surface area contributed by atoms with E-state index in [9.17, 15) is 28.0 Å². The summed E-state index contributed by atoms with van der Waals surface area (Å²) in [5, 5.41) is 12.9. The molecular weight excluding hydrogens is 373 g/mol. The van der Waals surface area contributed by atoms with Crippen molar-refractivity contribution in [3.05, 3.63) is 40.5 Å². The highest BCUT2D eigenvalue weighted by Gasteiger charge is 2.34. The maximum absolute atomic E-state index is 12.8. The van der Waals surface area contributed by atoms with Crippen LogP contribution in [0.3, 0.4) is 0 Å². The van der Waals surface area contributed by atoms with Gasteiger partial charge in [0.1, 0.15) is 11.6 Å². The number of halogens is 4. The lowest BCUT2D eigenvalue weighted by Crippen LogP contribution is -2.41. The minimum atomic E-state index is -4.58. The number of carbonyl (C=O) groups excluding carboxylic acids is 2. The number of benzene rings is 1. The minimum absolute atomic E-state index is 0.0161. The summed E-state index contributed by atoms with van der Waals surface area (Å²) >= 11 is 5.97. The zero-order chi connectivity index (χ0) is 19.1. The third kappa shape index (κ3) is 3.04. The third-order valence-electron chi connectivity index (χ3n) is 3.86. The first kappa shape index (κ1) is 17.9. The molecular formula is C16H10ClF3N4O2. The highest BCUT2D eigenvalue weighted by Crippen LogP contribution is 2.35. The van der Waals surface area contributed by atoms with Crippen molar-refractivity contribution in [2.75, 3.05) is 4.90 Å². The smallest absolute Gasteiger partial charge is 0.274 e. The average molecular weight is 383 g/mol. The van der Waals surface area contributed by atoms with Crippen LogP contribution in [0, 0.1) is 11.3 Å². The summed E-state index contributed by atoms with van der Waals surface area (Å²) in [6, 6.07) is 4.42. The largest absolute Gasteiger partial charge is 0.416 e. The second kappa shape index (κ2) is 6.46. The molecule has 0 N–H and O–H groups in total. The van der Waals surface area contributed by atoms with Crippen LogP contribution < -0.4 is 4.90 Å². The quantitative estimate of drug-likeness (QED) is 0.745. The van der Waals surface area contributed by atoms with Crippen molar-refractivity contribution in [3.63, 3.8) is 0 Å². The van der Waals surface area contributed by atoms with Gasteiger partial charge < -0.3 is 0 Å². The molecule has 0 spiro atoms. The van der Waals surface area contributed by atoms with Gasteiger partial charge in [-0.05, 0) is 24.6 Å². The predicted molar refractivity (Wildman–Crippen MR) is 84.6 cm³/mol. The van der Waals surface area contributed by atoms with E-state index in [2.05, 4.69) is 5.10 Å². The zero-order valence-corrected chi connectivity index (χ0v) is 13.8. The standard InChI is InChI=1S/C16H10ClF3N4O2/c17-11-6-10(16(18,19)20)4-5-12(11)24-15(9(7-21)8-22-24)23-13(25)2-1-3-14(23)26/h4-6,8H,1-3H2. The van der Waals surface area contributed by atoms with Gasteiger partial charge >= 0.3 is 6.18 Å². The number of hydrogen-bond acceptors (Lipinski definition) is 4. The van der Waals surface area contributed by atoms with E-state index >= 15 is 0 Å². The van der Waals surface area contributed by atoms with E-state index in [1.54, 1.807) is 0 Å². The number of rotatable bonds is 2. The van der Waals surface area contributed by atoms with Crippen molar-refractivity contribution in [2.45, 2.75) is 25.4 Å². The van der Waals surface area contributed by atoms with E-state index in [1.165, 1.54) is 0 Å². The van der Waals surface area contributed by atoms with Crippen LogP contribution in [0.1, 0.15) is 30.4 Å². The summed E-state index contributed by atoms with van der Waals surface area (Å²) in [4.78, 5) is 25.2. The van der Waals surface area contributed by atoms with E-state index in [1.807, 2.05) is 6.07 Å². The summed E-state index contributed by atoms with van der Waals surface area (Å²) < 4.78 is 39.5. The van der Waals surface area contributed by atoms with Crippen LogP contribution >= 0.6 is 11.6 Å². The van der Waals surface area contributed by atoms with Crippen molar-refractivity contribution in [2.24, 2.45) is 0 Å². The Morgan fingerprint density at radius 3 is 2.38 bits per heavy atom. The summed E-state index contributed by atoms with van der Waals surface area (Å²) in [7, 11) is 0. The fourth-order valence-electron chi connectivity index (χ4n) is 2.66. The molecule has 6 nitrogen and oxygen atoms in total. The van der Waals surface area contributed by atoms with Crippen LogP contribution in [0.5, 0.6) is 0 Å². The van der Waals surface area contributed by atoms with Gasteiger partial charge in [-0.15, -0.1) is 0 Å². The van der Waals surface area contributed by atoms with E-state index in [-0.39, 0.29) is 34.9 Å². The van der Waals surface area contributed by atoms with E-state index in [4.69, 9.17) is 11.6 Å². The van der Waals surface area contributed by atoms with Crippen LogP contribution in [-0.4, -0.2) is 21.6 Å². The normalized spacial score (nSPS) is 15.3. The van der Waals surface area contributed by atoms with Crippen molar-refractivity contribution in [3.8, 4) is 11.8 Å². The second-order valence-electron chi connectivity index (χ2n) is 5.55. The number of imide groups is 1. The fraction of sp³-hybridized carbons (Fsp3) is 0.250. The Labute approximate surface area is 150 Å². The number of alkyl halides is 3. The lowest BCUT2D eigenvalue weighted by Gasteiger charge is -2.25. The Bertz CT molecular complexity index is 930. The van der Waals surface area contributed by atoms with E-state index in [0.717, 1.165) is 27.9 Å². The first-order valence-electron chi connectivity index (χ1n) is 7.45. The third-order valence-corrected chi connectivity index (χ3v) is 4.16. The number of aromatic nitrogens is 2. The van der Waals surface area contributed by atoms with Gasteiger partial charge in [-0.3, -0.25) is 9.59 Å². The van der Waals surface area contributed by atoms with Gasteiger partial charge in [-0.25, -0.2) is 9.58 Å². The number of anilines is 1. The summed E-state index contributed by atoms with van der Waals surface area (Å²) in [5.41, 5.74) is -1.00. The van der Waals surface area contributed by atoms with Gasteiger partial charge in [0.05, 0.1) is 22.5 Å². The monoisotopic (exact) mass is 382 g/mol. The Balaban J connectivity index is 2.16. The molecule has 2 amide bonds. The number of piperidine rings is 1. The molecule has 10 heteroatoms. The number of hydrogen-bond donors (Lipinski definition) is 0. The molecule has 0 aliphatic carbocycles. The highest BCUT2D eigenvalue weighted by molar-refractivity contribution is 6.32. The minimum Gasteiger partial charge on any atom is -0.274 e. The maximum Gasteiger partial charge on any atom is 0.416 e. The van der Waals surface area contributed by atoms with Crippen LogP contribution in [0.15, 0.2) is 24.4 Å². The topological polar surface area (TPSA) is 79.0 Å². The zero-order valence-electron chi connectivity index (χ0n) is 13.0. The van der Waals surface area contributed by atoms with Gasteiger partial charge in [-0.1, -0.05) is 11.6 Å². The molecule has 1 aliphatic rings. The molecule has 0 atom stereocenters. The Morgan fingerprint density at radius 2 is 1.85 bits per heavy atom. The molecule has 1 aliphatic heterocycles. The predicted octanol–water partition coefficient (Wildman–Crippen LogP) is 3.46. The highest BCUT2D eigenvalue weighted by atomic mass is 35.5. The van der Waals surface area contributed by atoms with Crippen molar-refractivity contribution >= 4 is 29.2 Å². The van der Waals surface area contributed by atoms with Crippen molar-refractivity contribution < 1.29 is 22.8 Å². The number of nitriles is 1. The van der Waals surface area contributed by atoms with Gasteiger partial charge in [0, 0.05) is 12.8 Å². The van der Waals surface area contributed by atoms with Crippen LogP contribution in [0.25, 0.3) is 5.69 Å². The molecule has 2 heterocycles. The van der Waals surface area contributed by atoms with Crippen LogP contribution in [0.2, 0.25) is 5.02 Å². The van der Waals surface area contributed by atoms with Crippen molar-refractivity contribution in [1.29, 1.82) is 5.26 Å².